The van der Waals surface area contributed by atoms with Crippen molar-refractivity contribution in [3.8, 4) is 0 Å². The SMILES string of the molecule is CCS(=O)(=O)NCCN(CCO)[C@@H]1CCCc2ccccc21. The zero-order valence-electron chi connectivity index (χ0n) is 13.2. The Morgan fingerprint density at radius 2 is 2.09 bits per heavy atom. The van der Waals surface area contributed by atoms with E-state index in [1.807, 2.05) is 6.07 Å². The second-order valence-electron chi connectivity index (χ2n) is 5.66. The van der Waals surface area contributed by atoms with Gasteiger partial charge in [0.1, 0.15) is 0 Å². The molecule has 124 valence electrons. The highest BCUT2D eigenvalue weighted by atomic mass is 32.2. The molecule has 1 aliphatic carbocycles. The molecule has 0 fully saturated rings. The van der Waals surface area contributed by atoms with Crippen LogP contribution in [0.2, 0.25) is 0 Å². The van der Waals surface area contributed by atoms with Gasteiger partial charge in [-0.25, -0.2) is 13.1 Å². The minimum absolute atomic E-state index is 0.0825. The molecular formula is C16H26N2O3S. The lowest BCUT2D eigenvalue weighted by Gasteiger charge is -2.35. The summed E-state index contributed by atoms with van der Waals surface area (Å²) in [6.45, 7) is 3.27. The first-order valence-electron chi connectivity index (χ1n) is 7.97. The summed E-state index contributed by atoms with van der Waals surface area (Å²) in [5.74, 6) is 0.0965. The number of rotatable bonds is 8. The summed E-state index contributed by atoms with van der Waals surface area (Å²) in [6, 6.07) is 8.70. The number of benzene rings is 1. The summed E-state index contributed by atoms with van der Waals surface area (Å²) < 4.78 is 25.7. The van der Waals surface area contributed by atoms with Crippen molar-refractivity contribution in [2.24, 2.45) is 0 Å². The summed E-state index contributed by atoms with van der Waals surface area (Å²) in [7, 11) is -3.16. The zero-order chi connectivity index (χ0) is 16.0. The van der Waals surface area contributed by atoms with Gasteiger partial charge < -0.3 is 5.11 Å². The van der Waals surface area contributed by atoms with Crippen LogP contribution in [0, 0.1) is 0 Å². The quantitative estimate of drug-likeness (QED) is 0.755. The molecule has 0 aromatic heterocycles. The predicted octanol–water partition coefficient (Wildman–Crippen LogP) is 1.30. The Morgan fingerprint density at radius 3 is 2.82 bits per heavy atom. The number of sulfonamides is 1. The van der Waals surface area contributed by atoms with Gasteiger partial charge in [0.25, 0.3) is 0 Å². The lowest BCUT2D eigenvalue weighted by atomic mass is 9.87. The average molecular weight is 326 g/mol. The van der Waals surface area contributed by atoms with Gasteiger partial charge in [-0.15, -0.1) is 0 Å². The molecule has 1 aromatic carbocycles. The topological polar surface area (TPSA) is 69.6 Å². The predicted molar refractivity (Wildman–Crippen MR) is 88.2 cm³/mol. The maximum Gasteiger partial charge on any atom is 0.211 e. The van der Waals surface area contributed by atoms with E-state index in [9.17, 15) is 13.5 Å². The molecule has 0 aliphatic heterocycles. The van der Waals surface area contributed by atoms with E-state index in [0.29, 0.717) is 19.6 Å². The van der Waals surface area contributed by atoms with Crippen LogP contribution in [-0.4, -0.2) is 50.4 Å². The van der Waals surface area contributed by atoms with Crippen molar-refractivity contribution in [2.45, 2.75) is 32.2 Å². The summed E-state index contributed by atoms with van der Waals surface area (Å²) in [6.07, 6.45) is 3.28. The number of fused-ring (bicyclic) bond motifs is 1. The molecule has 0 spiro atoms. The second kappa shape index (κ2) is 8.06. The van der Waals surface area contributed by atoms with Gasteiger partial charge in [-0.05, 0) is 37.3 Å². The Bertz CT molecular complexity index is 575. The number of aryl methyl sites for hydroxylation is 1. The van der Waals surface area contributed by atoms with Gasteiger partial charge in [0.15, 0.2) is 0 Å². The highest BCUT2D eigenvalue weighted by molar-refractivity contribution is 7.89. The molecule has 0 heterocycles. The van der Waals surface area contributed by atoms with E-state index in [0.717, 1.165) is 19.3 Å². The van der Waals surface area contributed by atoms with Crippen molar-refractivity contribution in [1.82, 2.24) is 9.62 Å². The van der Waals surface area contributed by atoms with Gasteiger partial charge in [0, 0.05) is 25.7 Å². The van der Waals surface area contributed by atoms with Crippen molar-refractivity contribution < 1.29 is 13.5 Å². The van der Waals surface area contributed by atoms with Crippen molar-refractivity contribution in [1.29, 1.82) is 0 Å². The molecule has 0 unspecified atom stereocenters. The number of aliphatic hydroxyl groups is 1. The van der Waals surface area contributed by atoms with Crippen molar-refractivity contribution >= 4 is 10.0 Å². The van der Waals surface area contributed by atoms with Crippen molar-refractivity contribution in [3.05, 3.63) is 35.4 Å². The Balaban J connectivity index is 2.05. The molecule has 0 bridgehead atoms. The Labute approximate surface area is 133 Å². The molecule has 1 aliphatic rings. The summed E-state index contributed by atoms with van der Waals surface area (Å²) in [5, 5.41) is 9.34. The molecule has 1 atom stereocenters. The number of aliphatic hydroxyl groups excluding tert-OH is 1. The number of hydrogen-bond acceptors (Lipinski definition) is 4. The van der Waals surface area contributed by atoms with E-state index < -0.39 is 10.0 Å². The normalized spacial score (nSPS) is 18.4. The molecule has 0 saturated heterocycles. The lowest BCUT2D eigenvalue weighted by Crippen LogP contribution is -2.40. The van der Waals surface area contributed by atoms with Gasteiger partial charge in [0.2, 0.25) is 10.0 Å². The molecule has 0 radical (unpaired) electrons. The fourth-order valence-electron chi connectivity index (χ4n) is 3.11. The van der Waals surface area contributed by atoms with Crippen LogP contribution in [0.5, 0.6) is 0 Å². The molecule has 1 aromatic rings. The van der Waals surface area contributed by atoms with Crippen molar-refractivity contribution in [2.75, 3.05) is 32.0 Å². The van der Waals surface area contributed by atoms with Crippen LogP contribution in [0.25, 0.3) is 0 Å². The molecule has 22 heavy (non-hydrogen) atoms. The Hall–Kier alpha value is -0.950. The van der Waals surface area contributed by atoms with Gasteiger partial charge in [-0.2, -0.15) is 0 Å². The average Bonchev–Trinajstić information content (AvgIpc) is 2.53. The van der Waals surface area contributed by atoms with E-state index in [-0.39, 0.29) is 18.4 Å². The van der Waals surface area contributed by atoms with Gasteiger partial charge in [-0.1, -0.05) is 24.3 Å². The Kier molecular flexibility index (Phi) is 6.37. The smallest absolute Gasteiger partial charge is 0.211 e. The second-order valence-corrected chi connectivity index (χ2v) is 7.76. The van der Waals surface area contributed by atoms with Gasteiger partial charge >= 0.3 is 0 Å². The molecule has 5 nitrogen and oxygen atoms in total. The Morgan fingerprint density at radius 1 is 1.32 bits per heavy atom. The molecule has 6 heteroatoms. The van der Waals surface area contributed by atoms with Gasteiger partial charge in [0.05, 0.1) is 12.4 Å². The summed E-state index contributed by atoms with van der Waals surface area (Å²) >= 11 is 0. The maximum absolute atomic E-state index is 11.5. The third-order valence-corrected chi connectivity index (χ3v) is 5.67. The summed E-state index contributed by atoms with van der Waals surface area (Å²) in [5.41, 5.74) is 2.69. The third kappa shape index (κ3) is 4.52. The fourth-order valence-corrected chi connectivity index (χ4v) is 3.71. The van der Waals surface area contributed by atoms with Crippen LogP contribution < -0.4 is 4.72 Å². The highest BCUT2D eigenvalue weighted by Crippen LogP contribution is 2.33. The number of nitrogens with zero attached hydrogens (tertiary/aromatic N) is 1. The third-order valence-electron chi connectivity index (χ3n) is 4.27. The minimum atomic E-state index is -3.16. The first-order valence-corrected chi connectivity index (χ1v) is 9.62. The van der Waals surface area contributed by atoms with E-state index in [4.69, 9.17) is 0 Å². The van der Waals surface area contributed by atoms with Crippen LogP contribution in [0.15, 0.2) is 24.3 Å². The van der Waals surface area contributed by atoms with Crippen LogP contribution in [0.1, 0.15) is 36.9 Å². The van der Waals surface area contributed by atoms with E-state index in [1.165, 1.54) is 11.1 Å². The fraction of sp³-hybridized carbons (Fsp3) is 0.625. The standard InChI is InChI=1S/C16H26N2O3S/c1-2-22(20,21)17-10-11-18(12-13-19)16-9-5-7-14-6-3-4-8-15(14)16/h3-4,6,8,16-17,19H,2,5,7,9-13H2,1H3/t16-/m1/s1. The number of hydrogen-bond donors (Lipinski definition) is 2. The number of nitrogens with one attached hydrogen (secondary N) is 1. The molecule has 0 saturated carbocycles. The molecule has 2 N–H and O–H groups in total. The zero-order valence-corrected chi connectivity index (χ0v) is 14.0. The van der Waals surface area contributed by atoms with Crippen LogP contribution >= 0.6 is 0 Å². The molecule has 0 amide bonds. The largest absolute Gasteiger partial charge is 0.395 e. The first-order chi connectivity index (χ1) is 10.6. The van der Waals surface area contributed by atoms with Crippen molar-refractivity contribution in [3.63, 3.8) is 0 Å². The van der Waals surface area contributed by atoms with Crippen LogP contribution in [-0.2, 0) is 16.4 Å². The maximum atomic E-state index is 11.5. The lowest BCUT2D eigenvalue weighted by molar-refractivity contribution is 0.141. The van der Waals surface area contributed by atoms with E-state index in [2.05, 4.69) is 27.8 Å². The highest BCUT2D eigenvalue weighted by Gasteiger charge is 2.25. The molecular weight excluding hydrogens is 300 g/mol. The summed E-state index contributed by atoms with van der Waals surface area (Å²) in [4.78, 5) is 2.19. The van der Waals surface area contributed by atoms with E-state index >= 15 is 0 Å². The van der Waals surface area contributed by atoms with Crippen LogP contribution in [0.4, 0.5) is 0 Å². The minimum Gasteiger partial charge on any atom is -0.395 e. The van der Waals surface area contributed by atoms with Crippen LogP contribution in [0.3, 0.4) is 0 Å². The van der Waals surface area contributed by atoms with Gasteiger partial charge in [-0.3, -0.25) is 4.90 Å². The van der Waals surface area contributed by atoms with E-state index in [1.54, 1.807) is 6.92 Å². The first kappa shape index (κ1) is 17.4. The molecule has 2 rings (SSSR count). The monoisotopic (exact) mass is 326 g/mol.